The van der Waals surface area contributed by atoms with Gasteiger partial charge in [0.15, 0.2) is 6.61 Å². The number of nitrogens with one attached hydrogen (secondary N) is 1. The number of methoxy groups -OCH3 is 1. The van der Waals surface area contributed by atoms with Crippen LogP contribution in [-0.2, 0) is 9.59 Å². The van der Waals surface area contributed by atoms with E-state index in [4.69, 9.17) is 9.47 Å². The minimum absolute atomic E-state index is 0.112. The second-order valence-corrected chi connectivity index (χ2v) is 7.64. The number of thiophene rings is 1. The first-order chi connectivity index (χ1) is 13.6. The SMILES string of the molecule is COc1ccc(OCC(=O)NCCN2C(=O)S/C(=C\c3cccs3)C2=O)cc1. The highest BCUT2D eigenvalue weighted by molar-refractivity contribution is 8.18. The van der Waals surface area contributed by atoms with Crippen LogP contribution in [0.5, 0.6) is 11.5 Å². The van der Waals surface area contributed by atoms with E-state index in [1.807, 2.05) is 17.5 Å². The summed E-state index contributed by atoms with van der Waals surface area (Å²) in [6.07, 6.45) is 1.71. The van der Waals surface area contributed by atoms with E-state index in [0.29, 0.717) is 16.4 Å². The maximum atomic E-state index is 12.4. The quantitative estimate of drug-likeness (QED) is 0.664. The lowest BCUT2D eigenvalue weighted by Crippen LogP contribution is -2.38. The molecule has 2 heterocycles. The fourth-order valence-corrected chi connectivity index (χ4v) is 3.96. The van der Waals surface area contributed by atoms with Crippen LogP contribution < -0.4 is 14.8 Å². The van der Waals surface area contributed by atoms with Crippen molar-refractivity contribution in [2.75, 3.05) is 26.8 Å². The molecule has 0 atom stereocenters. The molecule has 0 spiro atoms. The molecule has 1 aliphatic rings. The number of carbonyl (C=O) groups is 3. The van der Waals surface area contributed by atoms with Crippen LogP contribution in [0, 0.1) is 0 Å². The van der Waals surface area contributed by atoms with Crippen molar-refractivity contribution in [1.82, 2.24) is 10.2 Å². The summed E-state index contributed by atoms with van der Waals surface area (Å²) >= 11 is 2.40. The molecule has 146 valence electrons. The van der Waals surface area contributed by atoms with Gasteiger partial charge in [-0.3, -0.25) is 19.3 Å². The maximum absolute atomic E-state index is 12.4. The summed E-state index contributed by atoms with van der Waals surface area (Å²) in [6, 6.07) is 10.6. The van der Waals surface area contributed by atoms with E-state index >= 15 is 0 Å². The second-order valence-electron chi connectivity index (χ2n) is 5.66. The van der Waals surface area contributed by atoms with Gasteiger partial charge >= 0.3 is 0 Å². The molecule has 1 saturated heterocycles. The first-order valence-electron chi connectivity index (χ1n) is 8.39. The van der Waals surface area contributed by atoms with E-state index in [1.165, 1.54) is 11.3 Å². The van der Waals surface area contributed by atoms with Crippen molar-refractivity contribution in [3.63, 3.8) is 0 Å². The molecule has 1 aromatic heterocycles. The van der Waals surface area contributed by atoms with Crippen LogP contribution >= 0.6 is 23.1 Å². The van der Waals surface area contributed by atoms with Crippen LogP contribution in [0.2, 0.25) is 0 Å². The van der Waals surface area contributed by atoms with Gasteiger partial charge in [-0.1, -0.05) is 6.07 Å². The Labute approximate surface area is 170 Å². The predicted molar refractivity (Wildman–Crippen MR) is 108 cm³/mol. The van der Waals surface area contributed by atoms with Gasteiger partial charge in [-0.15, -0.1) is 11.3 Å². The van der Waals surface area contributed by atoms with Gasteiger partial charge in [-0.2, -0.15) is 0 Å². The van der Waals surface area contributed by atoms with Crippen LogP contribution in [0.3, 0.4) is 0 Å². The number of carbonyl (C=O) groups excluding carboxylic acids is 3. The molecule has 0 unspecified atom stereocenters. The minimum atomic E-state index is -0.341. The summed E-state index contributed by atoms with van der Waals surface area (Å²) in [5.41, 5.74) is 0. The van der Waals surface area contributed by atoms with Crippen LogP contribution in [0.1, 0.15) is 4.88 Å². The number of rotatable bonds is 8. The maximum Gasteiger partial charge on any atom is 0.293 e. The van der Waals surface area contributed by atoms with Gasteiger partial charge in [-0.05, 0) is 53.5 Å². The summed E-state index contributed by atoms with van der Waals surface area (Å²) in [5.74, 6) is 0.562. The van der Waals surface area contributed by atoms with Crippen LogP contribution in [0.15, 0.2) is 46.7 Å². The molecule has 0 saturated carbocycles. The largest absolute Gasteiger partial charge is 0.497 e. The van der Waals surface area contributed by atoms with Gasteiger partial charge in [0, 0.05) is 18.0 Å². The smallest absolute Gasteiger partial charge is 0.293 e. The number of nitrogens with zero attached hydrogens (tertiary/aromatic N) is 1. The molecule has 9 heteroatoms. The summed E-state index contributed by atoms with van der Waals surface area (Å²) in [5, 5.41) is 4.21. The van der Waals surface area contributed by atoms with E-state index in [1.54, 1.807) is 37.5 Å². The predicted octanol–water partition coefficient (Wildman–Crippen LogP) is 2.99. The number of hydrogen-bond acceptors (Lipinski definition) is 7. The summed E-state index contributed by atoms with van der Waals surface area (Å²) < 4.78 is 10.4. The Morgan fingerprint density at radius 3 is 2.61 bits per heavy atom. The molecule has 28 heavy (non-hydrogen) atoms. The van der Waals surface area contributed by atoms with E-state index in [0.717, 1.165) is 21.5 Å². The zero-order valence-electron chi connectivity index (χ0n) is 15.0. The van der Waals surface area contributed by atoms with Crippen LogP contribution in [0.25, 0.3) is 6.08 Å². The van der Waals surface area contributed by atoms with Crippen molar-refractivity contribution in [2.45, 2.75) is 0 Å². The first kappa shape index (κ1) is 20.0. The highest BCUT2D eigenvalue weighted by Crippen LogP contribution is 2.32. The van der Waals surface area contributed by atoms with Gasteiger partial charge in [0.25, 0.3) is 17.1 Å². The molecule has 0 radical (unpaired) electrons. The van der Waals surface area contributed by atoms with Crippen molar-refractivity contribution in [3.05, 3.63) is 51.6 Å². The Morgan fingerprint density at radius 2 is 1.93 bits per heavy atom. The van der Waals surface area contributed by atoms with Gasteiger partial charge in [0.2, 0.25) is 0 Å². The lowest BCUT2D eigenvalue weighted by Gasteiger charge is -2.13. The van der Waals surface area contributed by atoms with Crippen molar-refractivity contribution < 1.29 is 23.9 Å². The standard InChI is InChI=1S/C19H18N2O5S2/c1-25-13-4-6-14(7-5-13)26-12-17(22)20-8-9-21-18(23)16(28-19(21)24)11-15-3-2-10-27-15/h2-7,10-11H,8-9,12H2,1H3,(H,20,22)/b16-11-. The molecule has 1 aliphatic heterocycles. The molecule has 1 aromatic carbocycles. The zero-order valence-corrected chi connectivity index (χ0v) is 16.7. The molecule has 0 bridgehead atoms. The van der Waals surface area contributed by atoms with Crippen LogP contribution in [-0.4, -0.2) is 48.8 Å². The first-order valence-corrected chi connectivity index (χ1v) is 10.1. The number of thioether (sulfide) groups is 1. The molecular formula is C19H18N2O5S2. The number of amides is 3. The van der Waals surface area contributed by atoms with E-state index < -0.39 is 0 Å². The monoisotopic (exact) mass is 418 g/mol. The molecule has 0 aliphatic carbocycles. The third-order valence-electron chi connectivity index (χ3n) is 3.78. The van der Waals surface area contributed by atoms with Crippen molar-refractivity contribution >= 4 is 46.2 Å². The molecule has 1 fully saturated rings. The lowest BCUT2D eigenvalue weighted by molar-refractivity contribution is -0.125. The average molecular weight is 418 g/mol. The van der Waals surface area contributed by atoms with Gasteiger partial charge in [-0.25, -0.2) is 0 Å². The molecule has 3 amide bonds. The Bertz CT molecular complexity index is 878. The van der Waals surface area contributed by atoms with Gasteiger partial charge in [0.05, 0.1) is 12.0 Å². The van der Waals surface area contributed by atoms with Crippen molar-refractivity contribution in [1.29, 1.82) is 0 Å². The normalized spacial score (nSPS) is 15.2. The fourth-order valence-electron chi connectivity index (χ4n) is 2.37. The van der Waals surface area contributed by atoms with Crippen LogP contribution in [0.4, 0.5) is 4.79 Å². The highest BCUT2D eigenvalue weighted by Gasteiger charge is 2.34. The topological polar surface area (TPSA) is 84.9 Å². The Hall–Kier alpha value is -2.78. The van der Waals surface area contributed by atoms with Crippen molar-refractivity contribution in [2.24, 2.45) is 0 Å². The lowest BCUT2D eigenvalue weighted by atomic mass is 10.3. The summed E-state index contributed by atoms with van der Waals surface area (Å²) in [4.78, 5) is 38.7. The third kappa shape index (κ3) is 5.14. The average Bonchev–Trinajstić information content (AvgIpc) is 3.30. The number of ether oxygens (including phenoxy) is 2. The molecule has 3 rings (SSSR count). The fraction of sp³-hybridized carbons (Fsp3) is 0.211. The van der Waals surface area contributed by atoms with Gasteiger partial charge in [0.1, 0.15) is 11.5 Å². The van der Waals surface area contributed by atoms with E-state index in [-0.39, 0.29) is 36.7 Å². The highest BCUT2D eigenvalue weighted by atomic mass is 32.2. The number of imide groups is 1. The third-order valence-corrected chi connectivity index (χ3v) is 5.50. The Morgan fingerprint density at radius 1 is 1.18 bits per heavy atom. The van der Waals surface area contributed by atoms with Gasteiger partial charge < -0.3 is 14.8 Å². The Balaban J connectivity index is 1.43. The number of hydrogen-bond donors (Lipinski definition) is 1. The zero-order chi connectivity index (χ0) is 19.9. The Kier molecular flexibility index (Phi) is 6.72. The minimum Gasteiger partial charge on any atom is -0.497 e. The summed E-state index contributed by atoms with van der Waals surface area (Å²) in [6.45, 7) is 0.113. The second kappa shape index (κ2) is 9.43. The molecule has 2 aromatic rings. The molecule has 7 nitrogen and oxygen atoms in total. The number of benzene rings is 1. The molecule has 1 N–H and O–H groups in total. The van der Waals surface area contributed by atoms with Crippen molar-refractivity contribution in [3.8, 4) is 11.5 Å². The summed E-state index contributed by atoms with van der Waals surface area (Å²) in [7, 11) is 1.57. The van der Waals surface area contributed by atoms with E-state index in [2.05, 4.69) is 5.32 Å². The van der Waals surface area contributed by atoms with E-state index in [9.17, 15) is 14.4 Å². The molecular weight excluding hydrogens is 400 g/mol.